The molecule has 0 aliphatic carbocycles. The number of carbonyl (C=O) groups is 2. The number of carbonyl (C=O) groups excluding carboxylic acids is 1. The summed E-state index contributed by atoms with van der Waals surface area (Å²) in [5, 5.41) is 13.8. The van der Waals surface area contributed by atoms with E-state index in [9.17, 15) is 18.0 Å². The van der Waals surface area contributed by atoms with Crippen molar-refractivity contribution in [3.63, 3.8) is 0 Å². The van der Waals surface area contributed by atoms with Crippen molar-refractivity contribution in [1.29, 1.82) is 0 Å². The van der Waals surface area contributed by atoms with Crippen molar-refractivity contribution in [2.75, 3.05) is 32.6 Å². The van der Waals surface area contributed by atoms with Gasteiger partial charge in [0.25, 0.3) is 0 Å². The lowest BCUT2D eigenvalue weighted by molar-refractivity contribution is -0.139. The van der Waals surface area contributed by atoms with Gasteiger partial charge in [0.15, 0.2) is 0 Å². The van der Waals surface area contributed by atoms with Gasteiger partial charge >= 0.3 is 12.0 Å². The fraction of sp³-hybridized carbons (Fsp3) is 0.833. The van der Waals surface area contributed by atoms with Gasteiger partial charge in [-0.3, -0.25) is 0 Å². The van der Waals surface area contributed by atoms with E-state index in [1.54, 1.807) is 0 Å². The molecule has 124 valence electrons. The van der Waals surface area contributed by atoms with Gasteiger partial charge in [-0.05, 0) is 34.4 Å². The minimum absolute atomic E-state index is 0.168. The zero-order valence-corrected chi connectivity index (χ0v) is 14.0. The molecule has 2 amide bonds. The van der Waals surface area contributed by atoms with Crippen LogP contribution >= 0.6 is 0 Å². The highest BCUT2D eigenvalue weighted by molar-refractivity contribution is 7.90. The summed E-state index contributed by atoms with van der Waals surface area (Å²) >= 11 is 0. The molecular weight excluding hydrogens is 298 g/mol. The molecule has 0 aromatic rings. The van der Waals surface area contributed by atoms with Crippen molar-refractivity contribution in [1.82, 2.24) is 15.5 Å². The first-order chi connectivity index (χ1) is 9.35. The monoisotopic (exact) mass is 323 g/mol. The van der Waals surface area contributed by atoms with E-state index in [1.807, 2.05) is 32.8 Å². The Balaban J connectivity index is 4.46. The normalized spacial score (nSPS) is 13.8. The first-order valence-electron chi connectivity index (χ1n) is 6.47. The predicted octanol–water partition coefficient (Wildman–Crippen LogP) is -0.486. The first-order valence-corrected chi connectivity index (χ1v) is 8.53. The maximum Gasteiger partial charge on any atom is 0.326 e. The van der Waals surface area contributed by atoms with Crippen LogP contribution in [0.15, 0.2) is 0 Å². The molecule has 0 aromatic carbocycles. The van der Waals surface area contributed by atoms with Crippen molar-refractivity contribution < 1.29 is 23.1 Å². The highest BCUT2D eigenvalue weighted by Crippen LogP contribution is 2.07. The van der Waals surface area contributed by atoms with Crippen LogP contribution in [0.5, 0.6) is 0 Å². The molecule has 9 heteroatoms. The summed E-state index contributed by atoms with van der Waals surface area (Å²) in [5.74, 6) is -1.56. The third-order valence-electron chi connectivity index (χ3n) is 3.27. The van der Waals surface area contributed by atoms with Crippen LogP contribution < -0.4 is 10.6 Å². The lowest BCUT2D eigenvalue weighted by Crippen LogP contribution is -2.53. The van der Waals surface area contributed by atoms with Crippen LogP contribution in [0.3, 0.4) is 0 Å². The van der Waals surface area contributed by atoms with Crippen LogP contribution in [0.4, 0.5) is 4.79 Å². The second-order valence-electron chi connectivity index (χ2n) is 5.84. The number of likely N-dealkylation sites (N-methyl/N-ethyl adjacent to an activating group) is 1. The van der Waals surface area contributed by atoms with E-state index in [4.69, 9.17) is 5.11 Å². The predicted molar refractivity (Wildman–Crippen MR) is 80.1 cm³/mol. The molecule has 0 aromatic heterocycles. The van der Waals surface area contributed by atoms with Gasteiger partial charge in [-0.25, -0.2) is 18.0 Å². The summed E-state index contributed by atoms with van der Waals surface area (Å²) in [4.78, 5) is 24.6. The first kappa shape index (κ1) is 19.7. The Labute approximate surface area is 125 Å². The van der Waals surface area contributed by atoms with Gasteiger partial charge in [-0.15, -0.1) is 0 Å². The number of amides is 2. The van der Waals surface area contributed by atoms with Crippen molar-refractivity contribution in [3.8, 4) is 0 Å². The Morgan fingerprint density at radius 1 is 1.29 bits per heavy atom. The molecule has 3 N–H and O–H groups in total. The van der Waals surface area contributed by atoms with Crippen LogP contribution in [-0.4, -0.2) is 74.7 Å². The second-order valence-corrected chi connectivity index (χ2v) is 8.10. The summed E-state index contributed by atoms with van der Waals surface area (Å²) in [6, 6.07) is -1.87. The van der Waals surface area contributed by atoms with E-state index in [0.29, 0.717) is 6.54 Å². The molecule has 8 nitrogen and oxygen atoms in total. The van der Waals surface area contributed by atoms with E-state index in [-0.39, 0.29) is 17.7 Å². The van der Waals surface area contributed by atoms with E-state index >= 15 is 0 Å². The molecule has 0 radical (unpaired) electrons. The number of carboxylic acid groups (broad SMARTS) is 1. The van der Waals surface area contributed by atoms with Gasteiger partial charge < -0.3 is 20.6 Å². The molecule has 0 bridgehead atoms. The van der Waals surface area contributed by atoms with Crippen molar-refractivity contribution in [2.45, 2.75) is 31.8 Å². The van der Waals surface area contributed by atoms with Gasteiger partial charge in [0.05, 0.1) is 5.75 Å². The van der Waals surface area contributed by atoms with E-state index in [1.165, 1.54) is 0 Å². The fourth-order valence-corrected chi connectivity index (χ4v) is 1.92. The third-order valence-corrected chi connectivity index (χ3v) is 4.25. The Morgan fingerprint density at radius 3 is 2.19 bits per heavy atom. The molecule has 0 spiro atoms. The minimum Gasteiger partial charge on any atom is -0.480 e. The van der Waals surface area contributed by atoms with E-state index < -0.39 is 27.9 Å². The Hall–Kier alpha value is -1.35. The average molecular weight is 323 g/mol. The summed E-state index contributed by atoms with van der Waals surface area (Å²) in [7, 11) is 0.457. The number of carboxylic acids is 1. The lowest BCUT2D eigenvalue weighted by atomic mass is 10.0. The van der Waals surface area contributed by atoms with Crippen molar-refractivity contribution in [3.05, 3.63) is 0 Å². The van der Waals surface area contributed by atoms with Crippen LogP contribution in [0.25, 0.3) is 0 Å². The molecule has 0 saturated carbocycles. The van der Waals surface area contributed by atoms with Crippen molar-refractivity contribution >= 4 is 21.8 Å². The topological polar surface area (TPSA) is 116 Å². The maximum atomic E-state index is 11.7. The van der Waals surface area contributed by atoms with Crippen LogP contribution in [0.2, 0.25) is 0 Å². The smallest absolute Gasteiger partial charge is 0.326 e. The molecule has 1 unspecified atom stereocenters. The standard InChI is InChI=1S/C12H25N3O5S/c1-12(2,15(3)4)8-13-11(18)14-9(10(16)17)6-7-21(5,19)20/h9H,6-8H2,1-5H3,(H,16,17)(H2,13,14,18). The minimum atomic E-state index is -3.28. The van der Waals surface area contributed by atoms with Crippen molar-refractivity contribution in [2.24, 2.45) is 0 Å². The average Bonchev–Trinajstić information content (AvgIpc) is 2.30. The number of rotatable bonds is 8. The number of hydrogen-bond donors (Lipinski definition) is 3. The second kappa shape index (κ2) is 7.60. The quantitative estimate of drug-likeness (QED) is 0.555. The summed E-state index contributed by atoms with van der Waals surface area (Å²) < 4.78 is 22.1. The molecule has 0 rings (SSSR count). The molecule has 0 heterocycles. The zero-order chi connectivity index (χ0) is 16.8. The molecular formula is C12H25N3O5S. The largest absolute Gasteiger partial charge is 0.480 e. The highest BCUT2D eigenvalue weighted by atomic mass is 32.2. The van der Waals surface area contributed by atoms with Crippen LogP contribution in [0, 0.1) is 0 Å². The number of urea groups is 1. The van der Waals surface area contributed by atoms with Crippen LogP contribution in [0.1, 0.15) is 20.3 Å². The summed E-state index contributed by atoms with van der Waals surface area (Å²) in [5.41, 5.74) is -0.289. The molecule has 21 heavy (non-hydrogen) atoms. The van der Waals surface area contributed by atoms with Gasteiger partial charge in [-0.1, -0.05) is 0 Å². The third kappa shape index (κ3) is 8.51. The highest BCUT2D eigenvalue weighted by Gasteiger charge is 2.24. The van der Waals surface area contributed by atoms with Gasteiger partial charge in [0, 0.05) is 18.3 Å². The Bertz CT molecular complexity index is 473. The molecule has 0 aliphatic heterocycles. The molecule has 1 atom stereocenters. The van der Waals surface area contributed by atoms with Crippen LogP contribution in [-0.2, 0) is 14.6 Å². The Kier molecular flexibility index (Phi) is 7.11. The number of hydrogen-bond acceptors (Lipinski definition) is 5. The van der Waals surface area contributed by atoms with E-state index in [0.717, 1.165) is 6.26 Å². The summed E-state index contributed by atoms with van der Waals surface area (Å²) in [6.07, 6.45) is 0.851. The number of nitrogens with one attached hydrogen (secondary N) is 2. The molecule has 0 fully saturated rings. The van der Waals surface area contributed by atoms with Gasteiger partial charge in [0.1, 0.15) is 15.9 Å². The van der Waals surface area contributed by atoms with Gasteiger partial charge in [-0.2, -0.15) is 0 Å². The molecule has 0 saturated heterocycles. The number of nitrogens with zero attached hydrogens (tertiary/aromatic N) is 1. The summed E-state index contributed by atoms with van der Waals surface area (Å²) in [6.45, 7) is 4.17. The fourth-order valence-electron chi connectivity index (χ4n) is 1.25. The maximum absolute atomic E-state index is 11.7. The van der Waals surface area contributed by atoms with E-state index in [2.05, 4.69) is 10.6 Å². The van der Waals surface area contributed by atoms with Gasteiger partial charge in [0.2, 0.25) is 0 Å². The lowest BCUT2D eigenvalue weighted by Gasteiger charge is -2.32. The zero-order valence-electron chi connectivity index (χ0n) is 13.1. The Morgan fingerprint density at radius 2 is 1.81 bits per heavy atom. The molecule has 0 aliphatic rings. The number of sulfone groups is 1. The SMILES string of the molecule is CN(C)C(C)(C)CNC(=O)NC(CCS(C)(=O)=O)C(=O)O. The number of aliphatic carboxylic acids is 1.